The molecule has 27 heavy (non-hydrogen) atoms. The van der Waals surface area contributed by atoms with E-state index in [1.807, 2.05) is 11.8 Å². The summed E-state index contributed by atoms with van der Waals surface area (Å²) in [5.74, 6) is 0.990. The highest BCUT2D eigenvalue weighted by atomic mass is 32.2. The molecular formula is C24H41NOS. The van der Waals surface area contributed by atoms with Crippen LogP contribution in [0.25, 0.3) is 0 Å². The number of nitrogens with two attached hydrogens (primary N) is 1. The molecule has 2 nitrogen and oxygen atoms in total. The van der Waals surface area contributed by atoms with Gasteiger partial charge < -0.3 is 5.73 Å². The Kier molecular flexibility index (Phi) is 20.1. The normalized spacial score (nSPS) is 13.6. The number of thioether (sulfide) groups is 1. The Morgan fingerprint density at radius 2 is 1.37 bits per heavy atom. The lowest BCUT2D eigenvalue weighted by Gasteiger charge is -2.11. The first-order valence-corrected chi connectivity index (χ1v) is 12.0. The Labute approximate surface area is 172 Å². The van der Waals surface area contributed by atoms with E-state index >= 15 is 0 Å². The van der Waals surface area contributed by atoms with E-state index in [1.54, 1.807) is 0 Å². The summed E-state index contributed by atoms with van der Waals surface area (Å²) in [6.45, 7) is 2.24. The molecule has 0 aliphatic rings. The van der Waals surface area contributed by atoms with Gasteiger partial charge in [0.15, 0.2) is 0 Å². The molecule has 0 aliphatic carbocycles. The molecule has 0 spiro atoms. The molecule has 0 radical (unpaired) electrons. The molecule has 2 N–H and O–H groups in total. The van der Waals surface area contributed by atoms with Crippen LogP contribution in [-0.4, -0.2) is 17.9 Å². The first-order chi connectivity index (χ1) is 13.2. The zero-order valence-electron chi connectivity index (χ0n) is 17.6. The van der Waals surface area contributed by atoms with Crippen LogP contribution in [0.15, 0.2) is 48.6 Å². The molecule has 1 atom stereocenters. The zero-order chi connectivity index (χ0) is 20.0. The predicted octanol–water partition coefficient (Wildman–Crippen LogP) is 6.99. The van der Waals surface area contributed by atoms with Crippen molar-refractivity contribution in [2.45, 2.75) is 77.6 Å². The Balaban J connectivity index is 3.68. The molecular weight excluding hydrogens is 350 g/mol. The van der Waals surface area contributed by atoms with Crippen molar-refractivity contribution in [3.63, 3.8) is 0 Å². The van der Waals surface area contributed by atoms with Crippen molar-refractivity contribution in [2.24, 2.45) is 11.7 Å². The van der Waals surface area contributed by atoms with Crippen LogP contribution in [0.1, 0.15) is 77.6 Å². The van der Waals surface area contributed by atoms with Crippen LogP contribution in [0.3, 0.4) is 0 Å². The van der Waals surface area contributed by atoms with Gasteiger partial charge in [0.25, 0.3) is 0 Å². The SMILES string of the molecule is CCCCC/C=C\C/C=C\C/C=C\C/C=C\CCC(CCCSC)C(N)=O. The minimum Gasteiger partial charge on any atom is -0.369 e. The fraction of sp³-hybridized carbons (Fsp3) is 0.625. The van der Waals surface area contributed by atoms with E-state index in [9.17, 15) is 4.79 Å². The second-order valence-corrected chi connectivity index (χ2v) is 7.89. The Morgan fingerprint density at radius 1 is 0.815 bits per heavy atom. The van der Waals surface area contributed by atoms with Crippen LogP contribution in [0.2, 0.25) is 0 Å². The van der Waals surface area contributed by atoms with Gasteiger partial charge in [-0.25, -0.2) is 0 Å². The molecule has 0 saturated carbocycles. The number of hydrogen-bond donors (Lipinski definition) is 1. The smallest absolute Gasteiger partial charge is 0.220 e. The highest BCUT2D eigenvalue weighted by Gasteiger charge is 2.13. The molecule has 0 aromatic heterocycles. The number of rotatable bonds is 18. The van der Waals surface area contributed by atoms with Gasteiger partial charge in [0.1, 0.15) is 0 Å². The van der Waals surface area contributed by atoms with Crippen molar-refractivity contribution < 1.29 is 4.79 Å². The summed E-state index contributed by atoms with van der Waals surface area (Å²) >= 11 is 1.82. The Bertz CT molecular complexity index is 451. The fourth-order valence-corrected chi connectivity index (χ4v) is 3.22. The summed E-state index contributed by atoms with van der Waals surface area (Å²) in [6.07, 6.45) is 31.8. The summed E-state index contributed by atoms with van der Waals surface area (Å²) < 4.78 is 0. The second-order valence-electron chi connectivity index (χ2n) is 6.90. The third-order valence-electron chi connectivity index (χ3n) is 4.44. The maximum atomic E-state index is 11.5. The van der Waals surface area contributed by atoms with E-state index in [0.29, 0.717) is 0 Å². The number of unbranched alkanes of at least 4 members (excludes halogenated alkanes) is 3. The Hall–Kier alpha value is -1.22. The minimum atomic E-state index is -0.146. The highest BCUT2D eigenvalue weighted by Crippen LogP contribution is 2.15. The van der Waals surface area contributed by atoms with Crippen molar-refractivity contribution in [3.8, 4) is 0 Å². The van der Waals surface area contributed by atoms with Gasteiger partial charge in [-0.2, -0.15) is 11.8 Å². The molecule has 0 fully saturated rings. The van der Waals surface area contributed by atoms with Crippen molar-refractivity contribution in [1.29, 1.82) is 0 Å². The number of carbonyl (C=O) groups excluding carboxylic acids is 1. The molecule has 0 saturated heterocycles. The monoisotopic (exact) mass is 391 g/mol. The van der Waals surface area contributed by atoms with Gasteiger partial charge in [0.05, 0.1) is 0 Å². The Morgan fingerprint density at radius 3 is 1.89 bits per heavy atom. The quantitative estimate of drug-likeness (QED) is 0.202. The summed E-state index contributed by atoms with van der Waals surface area (Å²) in [6, 6.07) is 0. The topological polar surface area (TPSA) is 43.1 Å². The van der Waals surface area contributed by atoms with Gasteiger partial charge in [0, 0.05) is 5.92 Å². The van der Waals surface area contributed by atoms with Gasteiger partial charge in [-0.1, -0.05) is 68.4 Å². The van der Waals surface area contributed by atoms with Crippen LogP contribution in [-0.2, 0) is 4.79 Å². The molecule has 0 bridgehead atoms. The maximum absolute atomic E-state index is 11.5. The maximum Gasteiger partial charge on any atom is 0.220 e. The molecule has 0 aromatic rings. The number of primary amides is 1. The van der Waals surface area contributed by atoms with Crippen LogP contribution < -0.4 is 5.73 Å². The summed E-state index contributed by atoms with van der Waals surface area (Å²) in [5.41, 5.74) is 5.49. The number of amides is 1. The summed E-state index contributed by atoms with van der Waals surface area (Å²) in [4.78, 5) is 11.5. The molecule has 0 rings (SSSR count). The van der Waals surface area contributed by atoms with Crippen LogP contribution in [0, 0.1) is 5.92 Å². The fourth-order valence-electron chi connectivity index (χ4n) is 2.76. The van der Waals surface area contributed by atoms with Gasteiger partial charge in [-0.15, -0.1) is 0 Å². The number of hydrogen-bond acceptors (Lipinski definition) is 2. The lowest BCUT2D eigenvalue weighted by atomic mass is 9.97. The van der Waals surface area contributed by atoms with Crippen molar-refractivity contribution in [1.82, 2.24) is 0 Å². The van der Waals surface area contributed by atoms with E-state index in [-0.39, 0.29) is 11.8 Å². The standard InChI is InChI=1S/C24H41NOS/c1-3-4-5-6-7-8-9-10-11-12-13-14-15-16-17-18-20-23(24(25)26)21-19-22-27-2/h7-8,10-11,13-14,16-17,23H,3-6,9,12,15,18-22H2,1-2H3,(H2,25,26)/b8-7-,11-10-,14-13-,17-16-. The first kappa shape index (κ1) is 25.8. The van der Waals surface area contributed by atoms with Crippen molar-refractivity contribution >= 4 is 17.7 Å². The van der Waals surface area contributed by atoms with E-state index < -0.39 is 0 Å². The predicted molar refractivity (Wildman–Crippen MR) is 124 cm³/mol. The highest BCUT2D eigenvalue weighted by molar-refractivity contribution is 7.98. The number of allylic oxidation sites excluding steroid dienone is 8. The molecule has 0 aromatic carbocycles. The van der Waals surface area contributed by atoms with E-state index in [0.717, 1.165) is 50.7 Å². The largest absolute Gasteiger partial charge is 0.369 e. The average Bonchev–Trinajstić information content (AvgIpc) is 2.66. The van der Waals surface area contributed by atoms with Crippen LogP contribution in [0.4, 0.5) is 0 Å². The first-order valence-electron chi connectivity index (χ1n) is 10.6. The lowest BCUT2D eigenvalue weighted by molar-refractivity contribution is -0.122. The molecule has 0 heterocycles. The van der Waals surface area contributed by atoms with Gasteiger partial charge in [-0.3, -0.25) is 4.79 Å². The molecule has 1 unspecified atom stereocenters. The van der Waals surface area contributed by atoms with Crippen LogP contribution >= 0.6 is 11.8 Å². The van der Waals surface area contributed by atoms with E-state index in [4.69, 9.17) is 5.73 Å². The third kappa shape index (κ3) is 19.3. The summed E-state index contributed by atoms with van der Waals surface area (Å²) in [7, 11) is 0. The summed E-state index contributed by atoms with van der Waals surface area (Å²) in [5, 5.41) is 0. The second kappa shape index (κ2) is 21.1. The van der Waals surface area contributed by atoms with Crippen molar-refractivity contribution in [2.75, 3.05) is 12.0 Å². The minimum absolute atomic E-state index is 0.0307. The van der Waals surface area contributed by atoms with Gasteiger partial charge >= 0.3 is 0 Å². The molecule has 3 heteroatoms. The zero-order valence-corrected chi connectivity index (χ0v) is 18.4. The molecule has 1 amide bonds. The van der Waals surface area contributed by atoms with Crippen molar-refractivity contribution in [3.05, 3.63) is 48.6 Å². The number of carbonyl (C=O) groups is 1. The molecule has 154 valence electrons. The lowest BCUT2D eigenvalue weighted by Crippen LogP contribution is -2.23. The van der Waals surface area contributed by atoms with Gasteiger partial charge in [0.2, 0.25) is 5.91 Å². The third-order valence-corrected chi connectivity index (χ3v) is 5.14. The van der Waals surface area contributed by atoms with E-state index in [2.05, 4.69) is 61.8 Å². The molecule has 0 aliphatic heterocycles. The average molecular weight is 392 g/mol. The van der Waals surface area contributed by atoms with E-state index in [1.165, 1.54) is 25.7 Å². The van der Waals surface area contributed by atoms with Gasteiger partial charge in [-0.05, 0) is 69.8 Å². The van der Waals surface area contributed by atoms with Crippen LogP contribution in [0.5, 0.6) is 0 Å².